The molecule has 0 aromatic rings. The van der Waals surface area contributed by atoms with Gasteiger partial charge in [0.2, 0.25) is 5.24 Å². The lowest BCUT2D eigenvalue weighted by Gasteiger charge is -2.41. The second-order valence-corrected chi connectivity index (χ2v) is 14.6. The van der Waals surface area contributed by atoms with E-state index in [0.717, 1.165) is 25.7 Å². The van der Waals surface area contributed by atoms with Gasteiger partial charge in [0.25, 0.3) is 0 Å². The lowest BCUT2D eigenvalue weighted by Crippen LogP contribution is -2.44. The van der Waals surface area contributed by atoms with Crippen LogP contribution in [0.4, 0.5) is 0 Å². The van der Waals surface area contributed by atoms with Gasteiger partial charge in [0.05, 0.1) is 12.0 Å². The first-order valence-corrected chi connectivity index (χ1v) is 13.4. The first-order valence-electron chi connectivity index (χ1n) is 10.1. The van der Waals surface area contributed by atoms with Crippen molar-refractivity contribution in [3.05, 3.63) is 0 Å². The van der Waals surface area contributed by atoms with Crippen molar-refractivity contribution >= 4 is 31.1 Å². The molecule has 0 unspecified atom stereocenters. The maximum atomic E-state index is 11.1. The summed E-state index contributed by atoms with van der Waals surface area (Å²) in [5, 5.41) is 17.6. The molecule has 2 aliphatic carbocycles. The summed E-state index contributed by atoms with van der Waals surface area (Å²) >= 11 is 5.54. The van der Waals surface area contributed by atoms with Crippen molar-refractivity contribution in [3.63, 3.8) is 0 Å². The third kappa shape index (κ3) is 8.22. The van der Waals surface area contributed by atoms with Gasteiger partial charge in [0.1, 0.15) is 0 Å². The molecule has 0 aromatic carbocycles. The first kappa shape index (κ1) is 24.6. The van der Waals surface area contributed by atoms with Crippen LogP contribution in [0.3, 0.4) is 0 Å². The topological polar surface area (TPSA) is 83.8 Å². The number of carbonyl (C=O) groups is 2. The number of aliphatic hydroxyl groups is 1. The molecule has 2 rings (SSSR count). The molecule has 2 aliphatic rings. The second-order valence-electron chi connectivity index (χ2n) is 9.50. The van der Waals surface area contributed by atoms with Gasteiger partial charge in [-0.3, -0.25) is 9.59 Å². The van der Waals surface area contributed by atoms with Crippen LogP contribution >= 0.6 is 11.6 Å². The Balaban J connectivity index is 0.000000309. The van der Waals surface area contributed by atoms with Crippen LogP contribution in [-0.4, -0.2) is 42.0 Å². The molecular weight excluding hydrogens is 384 g/mol. The maximum absolute atomic E-state index is 11.1. The van der Waals surface area contributed by atoms with Crippen molar-refractivity contribution in [2.75, 3.05) is 0 Å². The summed E-state index contributed by atoms with van der Waals surface area (Å²) in [5.74, 6) is -0.855. The van der Waals surface area contributed by atoms with Gasteiger partial charge in [-0.05, 0) is 81.1 Å². The molecule has 0 atom stereocenters. The van der Waals surface area contributed by atoms with Crippen molar-refractivity contribution in [1.82, 2.24) is 0 Å². The van der Waals surface area contributed by atoms with Crippen LogP contribution < -0.4 is 0 Å². The Morgan fingerprint density at radius 1 is 0.926 bits per heavy atom. The summed E-state index contributed by atoms with van der Waals surface area (Å²) in [6.07, 6.45) is 6.40. The number of carboxylic acid groups (broad SMARTS) is 1. The van der Waals surface area contributed by atoms with E-state index < -0.39 is 14.3 Å². The highest BCUT2D eigenvalue weighted by atomic mass is 35.5. The number of hydrogen-bond acceptors (Lipinski definition) is 4. The van der Waals surface area contributed by atoms with Gasteiger partial charge in [-0.1, -0.05) is 20.8 Å². The van der Waals surface area contributed by atoms with E-state index in [0.29, 0.717) is 31.8 Å². The average Bonchev–Trinajstić information content (AvgIpc) is 2.55. The zero-order valence-electron chi connectivity index (χ0n) is 17.5. The van der Waals surface area contributed by atoms with Gasteiger partial charge < -0.3 is 14.6 Å². The maximum Gasteiger partial charge on any atom is 0.306 e. The van der Waals surface area contributed by atoms with E-state index in [4.69, 9.17) is 26.2 Å². The zero-order valence-corrected chi connectivity index (χ0v) is 19.2. The predicted octanol–water partition coefficient (Wildman–Crippen LogP) is 4.95. The smallest absolute Gasteiger partial charge is 0.306 e. The zero-order chi connectivity index (χ0) is 20.8. The summed E-state index contributed by atoms with van der Waals surface area (Å²) in [5.41, 5.74) is 0. The summed E-state index contributed by atoms with van der Waals surface area (Å²) < 4.78 is 6.36. The highest BCUT2D eigenvalue weighted by Crippen LogP contribution is 2.39. The monoisotopic (exact) mass is 420 g/mol. The predicted molar refractivity (Wildman–Crippen MR) is 110 cm³/mol. The Bertz CT molecular complexity index is 487. The molecule has 2 fully saturated rings. The molecule has 2 N–H and O–H groups in total. The number of halogens is 1. The molecule has 0 amide bonds. The van der Waals surface area contributed by atoms with E-state index in [1.165, 1.54) is 0 Å². The van der Waals surface area contributed by atoms with Crippen LogP contribution in [0.1, 0.15) is 72.1 Å². The van der Waals surface area contributed by atoms with Gasteiger partial charge in [-0.2, -0.15) is 0 Å². The van der Waals surface area contributed by atoms with E-state index in [2.05, 4.69) is 33.9 Å². The molecule has 27 heavy (non-hydrogen) atoms. The second kappa shape index (κ2) is 10.4. The number of hydrogen-bond donors (Lipinski definition) is 2. The summed E-state index contributed by atoms with van der Waals surface area (Å²) in [6.45, 7) is 11.3. The van der Waals surface area contributed by atoms with Crippen LogP contribution in [0.5, 0.6) is 0 Å². The lowest BCUT2D eigenvalue weighted by molar-refractivity contribution is -0.143. The first-order chi connectivity index (χ1) is 12.3. The minimum absolute atomic E-state index is 0.0657. The fourth-order valence-corrected chi connectivity index (χ4v) is 4.96. The molecule has 0 spiro atoms. The number of aliphatic hydroxyl groups excluding tert-OH is 1. The van der Waals surface area contributed by atoms with Crippen LogP contribution in [0.25, 0.3) is 0 Å². The Kier molecular flexibility index (Phi) is 9.45. The Morgan fingerprint density at radius 2 is 1.37 bits per heavy atom. The molecule has 5 nitrogen and oxygen atoms in total. The largest absolute Gasteiger partial charge is 0.481 e. The lowest BCUT2D eigenvalue weighted by atomic mass is 9.88. The molecule has 0 bridgehead atoms. The minimum Gasteiger partial charge on any atom is -0.481 e. The molecular formula is C20H37ClO5Si. The van der Waals surface area contributed by atoms with Gasteiger partial charge in [-0.15, -0.1) is 0 Å². The van der Waals surface area contributed by atoms with Crippen LogP contribution in [0.2, 0.25) is 18.1 Å². The van der Waals surface area contributed by atoms with E-state index in [1.54, 1.807) is 0 Å². The minimum atomic E-state index is -1.66. The number of carboxylic acids is 1. The standard InChI is InChI=1S/C13H25ClO2Si.C7H12O3/c1-13(2,3)17(4,5)16-11-8-6-10(7-9-11)12(14)15;8-6-3-1-5(2-4-6)7(9)10/h10-11H,6-9H2,1-5H3;5-6,8H,1-4H2,(H,9,10). The Labute approximate surface area is 169 Å². The molecule has 0 aliphatic heterocycles. The summed E-state index contributed by atoms with van der Waals surface area (Å²) in [7, 11) is -1.66. The third-order valence-corrected chi connectivity index (χ3v) is 11.2. The normalized spacial score (nSPS) is 29.4. The van der Waals surface area contributed by atoms with Crippen molar-refractivity contribution in [2.45, 2.75) is 102 Å². The number of rotatable bonds is 4. The van der Waals surface area contributed by atoms with Crippen molar-refractivity contribution < 1.29 is 24.2 Å². The van der Waals surface area contributed by atoms with Crippen LogP contribution in [0, 0.1) is 11.8 Å². The quantitative estimate of drug-likeness (QED) is 0.496. The fourth-order valence-electron chi connectivity index (χ4n) is 3.32. The van der Waals surface area contributed by atoms with E-state index in [9.17, 15) is 9.59 Å². The number of aliphatic carboxylic acids is 1. The third-order valence-electron chi connectivity index (χ3n) is 6.31. The van der Waals surface area contributed by atoms with Gasteiger partial charge >= 0.3 is 5.97 Å². The van der Waals surface area contributed by atoms with Crippen molar-refractivity contribution in [3.8, 4) is 0 Å². The van der Waals surface area contributed by atoms with E-state index >= 15 is 0 Å². The van der Waals surface area contributed by atoms with E-state index in [-0.39, 0.29) is 28.2 Å². The Hall–Kier alpha value is -0.433. The van der Waals surface area contributed by atoms with Gasteiger partial charge in [0, 0.05) is 12.0 Å². The highest BCUT2D eigenvalue weighted by molar-refractivity contribution is 6.74. The summed E-state index contributed by atoms with van der Waals surface area (Å²) in [4.78, 5) is 21.5. The average molecular weight is 421 g/mol. The molecule has 0 radical (unpaired) electrons. The molecule has 2 saturated carbocycles. The molecule has 7 heteroatoms. The fraction of sp³-hybridized carbons (Fsp3) is 0.900. The van der Waals surface area contributed by atoms with Crippen molar-refractivity contribution in [2.24, 2.45) is 11.8 Å². The van der Waals surface area contributed by atoms with Gasteiger partial charge in [0.15, 0.2) is 8.32 Å². The Morgan fingerprint density at radius 3 is 1.74 bits per heavy atom. The highest BCUT2D eigenvalue weighted by Gasteiger charge is 2.40. The number of carbonyl (C=O) groups excluding carboxylic acids is 1. The van der Waals surface area contributed by atoms with Crippen LogP contribution in [-0.2, 0) is 14.0 Å². The van der Waals surface area contributed by atoms with Gasteiger partial charge in [-0.25, -0.2) is 0 Å². The molecule has 158 valence electrons. The molecule has 0 saturated heterocycles. The molecule has 0 heterocycles. The van der Waals surface area contributed by atoms with E-state index in [1.807, 2.05) is 0 Å². The summed E-state index contributed by atoms with van der Waals surface area (Å²) in [6, 6.07) is 0. The molecule has 0 aromatic heterocycles. The SMILES string of the molecule is CC(C)(C)[Si](C)(C)OC1CCC(C(=O)Cl)CC1.O=C(O)C1CCC(O)CC1. The van der Waals surface area contributed by atoms with Crippen LogP contribution in [0.15, 0.2) is 0 Å². The van der Waals surface area contributed by atoms with Crippen molar-refractivity contribution in [1.29, 1.82) is 0 Å².